The summed E-state index contributed by atoms with van der Waals surface area (Å²) in [5.41, 5.74) is 7.38. The van der Waals surface area contributed by atoms with E-state index in [0.717, 1.165) is 4.57 Å². The van der Waals surface area contributed by atoms with Crippen molar-refractivity contribution in [3.8, 4) is 0 Å². The average Bonchev–Trinajstić information content (AvgIpc) is 2.77. The lowest BCUT2D eigenvalue weighted by atomic mass is 10.2. The van der Waals surface area contributed by atoms with Crippen molar-refractivity contribution < 1.29 is 9.84 Å². The second kappa shape index (κ2) is 5.74. The average molecular weight is 379 g/mol. The molecule has 1 aliphatic rings. The van der Waals surface area contributed by atoms with E-state index in [1.165, 1.54) is 6.20 Å². The van der Waals surface area contributed by atoms with Gasteiger partial charge in [-0.15, -0.1) is 0 Å². The number of azide groups is 1. The lowest BCUT2D eigenvalue weighted by Gasteiger charge is -2.17. The number of halogens is 1. The molecule has 0 spiro atoms. The first-order valence-corrected chi connectivity index (χ1v) is 6.46. The quantitative estimate of drug-likeness (QED) is 0.334. The molecular weight excluding hydrogens is 369 g/mol. The molecule has 1 aliphatic heterocycles. The van der Waals surface area contributed by atoms with Gasteiger partial charge in [-0.3, -0.25) is 14.3 Å². The molecule has 0 radical (unpaired) electrons. The number of aromatic nitrogens is 2. The number of aliphatic hydroxyl groups excluding tert-OH is 1. The Balaban J connectivity index is 2.44. The first-order valence-electron chi connectivity index (χ1n) is 5.38. The van der Waals surface area contributed by atoms with E-state index in [1.54, 1.807) is 22.6 Å². The minimum absolute atomic E-state index is 0.233. The van der Waals surface area contributed by atoms with E-state index in [4.69, 9.17) is 15.4 Å². The molecule has 102 valence electrons. The zero-order valence-corrected chi connectivity index (χ0v) is 11.7. The molecule has 10 heteroatoms. The van der Waals surface area contributed by atoms with Crippen LogP contribution in [-0.2, 0) is 4.74 Å². The van der Waals surface area contributed by atoms with E-state index in [-0.39, 0.29) is 6.61 Å². The van der Waals surface area contributed by atoms with Gasteiger partial charge in [-0.05, 0) is 34.5 Å². The molecule has 2 heterocycles. The van der Waals surface area contributed by atoms with Gasteiger partial charge in [0.05, 0.1) is 22.3 Å². The summed E-state index contributed by atoms with van der Waals surface area (Å²) in [6, 6.07) is -0.610. The van der Waals surface area contributed by atoms with Crippen LogP contribution in [0.1, 0.15) is 12.6 Å². The zero-order valence-electron chi connectivity index (χ0n) is 9.56. The molecule has 0 bridgehead atoms. The van der Waals surface area contributed by atoms with Crippen LogP contribution in [0.4, 0.5) is 0 Å². The number of nitrogens with one attached hydrogen (secondary N) is 1. The summed E-state index contributed by atoms with van der Waals surface area (Å²) in [6.07, 6.45) is 0.322. The van der Waals surface area contributed by atoms with Crippen LogP contribution in [0.2, 0.25) is 0 Å². The van der Waals surface area contributed by atoms with Gasteiger partial charge in [0, 0.05) is 11.1 Å². The molecular formula is C9H10IN5O4. The van der Waals surface area contributed by atoms with Gasteiger partial charge in [-0.1, -0.05) is 5.11 Å². The molecule has 0 aromatic carbocycles. The van der Waals surface area contributed by atoms with Crippen molar-refractivity contribution in [3.63, 3.8) is 0 Å². The van der Waals surface area contributed by atoms with Crippen LogP contribution in [0.5, 0.6) is 0 Å². The van der Waals surface area contributed by atoms with Gasteiger partial charge >= 0.3 is 5.69 Å². The highest BCUT2D eigenvalue weighted by Gasteiger charge is 2.36. The molecule has 0 unspecified atom stereocenters. The largest absolute Gasteiger partial charge is 0.394 e. The lowest BCUT2D eigenvalue weighted by molar-refractivity contribution is -0.0280. The Morgan fingerprint density at radius 3 is 3.05 bits per heavy atom. The summed E-state index contributed by atoms with van der Waals surface area (Å²) in [5.74, 6) is 0. The van der Waals surface area contributed by atoms with E-state index in [1.807, 2.05) is 0 Å². The first kappa shape index (κ1) is 14.1. The molecule has 2 N–H and O–H groups in total. The number of H-pyrrole nitrogens is 1. The second-order valence-corrected chi connectivity index (χ2v) is 5.14. The first-order chi connectivity index (χ1) is 9.06. The Morgan fingerprint density at radius 2 is 2.42 bits per heavy atom. The van der Waals surface area contributed by atoms with Gasteiger partial charge in [0.1, 0.15) is 6.23 Å². The van der Waals surface area contributed by atoms with Gasteiger partial charge in [0.2, 0.25) is 0 Å². The van der Waals surface area contributed by atoms with Gasteiger partial charge in [-0.25, -0.2) is 4.79 Å². The number of hydrogen-bond acceptors (Lipinski definition) is 5. The minimum Gasteiger partial charge on any atom is -0.394 e. The molecule has 0 saturated carbocycles. The molecule has 1 aromatic rings. The number of rotatable bonds is 3. The Labute approximate surface area is 120 Å². The highest BCUT2D eigenvalue weighted by molar-refractivity contribution is 14.1. The van der Waals surface area contributed by atoms with Crippen molar-refractivity contribution in [2.45, 2.75) is 24.8 Å². The summed E-state index contributed by atoms with van der Waals surface area (Å²) < 4.78 is 6.94. The standard InChI is InChI=1S/C9H10IN5O4/c10-5-2-15(9(18)12-7(5)17)8-6(13-14-11)1-4(3-16)19-8/h2,4,6,8,16H,1,3H2,(H,12,17,18)/t4-,6+,8+/m0/s1. The highest BCUT2D eigenvalue weighted by Crippen LogP contribution is 2.30. The third kappa shape index (κ3) is 2.81. The predicted octanol–water partition coefficient (Wildman–Crippen LogP) is 0.0999. The number of nitrogens with zero attached hydrogens (tertiary/aromatic N) is 4. The Morgan fingerprint density at radius 1 is 1.68 bits per heavy atom. The smallest absolute Gasteiger partial charge is 0.330 e. The molecule has 0 amide bonds. The Bertz CT molecular complexity index is 634. The van der Waals surface area contributed by atoms with Crippen LogP contribution in [0, 0.1) is 3.57 Å². The van der Waals surface area contributed by atoms with E-state index >= 15 is 0 Å². The Kier molecular flexibility index (Phi) is 4.24. The maximum Gasteiger partial charge on any atom is 0.330 e. The number of aromatic amines is 1. The van der Waals surface area contributed by atoms with Gasteiger partial charge < -0.3 is 9.84 Å². The van der Waals surface area contributed by atoms with Crippen molar-refractivity contribution in [2.75, 3.05) is 6.61 Å². The summed E-state index contributed by atoms with van der Waals surface area (Å²) >= 11 is 1.78. The van der Waals surface area contributed by atoms with E-state index in [2.05, 4.69) is 15.0 Å². The Hall–Kier alpha value is -1.36. The van der Waals surface area contributed by atoms with Gasteiger partial charge in [-0.2, -0.15) is 0 Å². The molecule has 9 nitrogen and oxygen atoms in total. The van der Waals surface area contributed by atoms with Crippen molar-refractivity contribution in [1.29, 1.82) is 0 Å². The molecule has 3 atom stereocenters. The van der Waals surface area contributed by atoms with E-state index in [0.29, 0.717) is 9.99 Å². The number of ether oxygens (including phenoxy) is 1. The fourth-order valence-electron chi connectivity index (χ4n) is 1.92. The van der Waals surface area contributed by atoms with Crippen molar-refractivity contribution >= 4 is 22.6 Å². The van der Waals surface area contributed by atoms with Crippen molar-refractivity contribution in [2.24, 2.45) is 5.11 Å². The summed E-state index contributed by atoms with van der Waals surface area (Å²) in [7, 11) is 0. The maximum absolute atomic E-state index is 11.8. The zero-order chi connectivity index (χ0) is 14.0. The summed E-state index contributed by atoms with van der Waals surface area (Å²) in [5, 5.41) is 12.6. The molecule has 19 heavy (non-hydrogen) atoms. The third-order valence-electron chi connectivity index (χ3n) is 2.77. The second-order valence-electron chi connectivity index (χ2n) is 3.98. The fraction of sp³-hybridized carbons (Fsp3) is 0.556. The lowest BCUT2D eigenvalue weighted by Crippen LogP contribution is -2.36. The van der Waals surface area contributed by atoms with Gasteiger partial charge in [0.15, 0.2) is 0 Å². The topological polar surface area (TPSA) is 133 Å². The fourth-order valence-corrected chi connectivity index (χ4v) is 2.35. The number of hydrogen-bond donors (Lipinski definition) is 2. The molecule has 1 saturated heterocycles. The summed E-state index contributed by atoms with van der Waals surface area (Å²) in [4.78, 5) is 27.9. The van der Waals surface area contributed by atoms with Crippen LogP contribution in [-0.4, -0.2) is 33.4 Å². The molecule has 2 rings (SSSR count). The molecule has 1 aromatic heterocycles. The minimum atomic E-state index is -0.828. The molecule has 1 fully saturated rings. The predicted molar refractivity (Wildman–Crippen MR) is 72.6 cm³/mol. The summed E-state index contributed by atoms with van der Waals surface area (Å²) in [6.45, 7) is -0.233. The van der Waals surface area contributed by atoms with E-state index < -0.39 is 29.6 Å². The van der Waals surface area contributed by atoms with Crippen LogP contribution in [0.25, 0.3) is 10.4 Å². The van der Waals surface area contributed by atoms with Gasteiger partial charge in [0.25, 0.3) is 5.56 Å². The van der Waals surface area contributed by atoms with Crippen LogP contribution >= 0.6 is 22.6 Å². The SMILES string of the molecule is [N-]=[N+]=N[C@@H]1C[C@@H](CO)O[C@H]1n1cc(I)c(=O)[nH]c1=O. The third-order valence-corrected chi connectivity index (χ3v) is 3.54. The molecule has 0 aliphatic carbocycles. The van der Waals surface area contributed by atoms with E-state index in [9.17, 15) is 9.59 Å². The maximum atomic E-state index is 11.8. The van der Waals surface area contributed by atoms with Crippen molar-refractivity contribution in [1.82, 2.24) is 9.55 Å². The monoisotopic (exact) mass is 379 g/mol. The van der Waals surface area contributed by atoms with Crippen molar-refractivity contribution in [3.05, 3.63) is 41.0 Å². The van der Waals surface area contributed by atoms with Crippen LogP contribution in [0.15, 0.2) is 20.9 Å². The normalized spacial score (nSPS) is 26.1. The van der Waals surface area contributed by atoms with Crippen LogP contribution in [0.3, 0.4) is 0 Å². The van der Waals surface area contributed by atoms with Crippen LogP contribution < -0.4 is 11.2 Å². The number of aliphatic hydroxyl groups is 1. The highest BCUT2D eigenvalue weighted by atomic mass is 127.